The number of nitrogens with one attached hydrogen (secondary N) is 1. The minimum absolute atomic E-state index is 0.153. The van der Waals surface area contributed by atoms with Gasteiger partial charge in [-0.15, -0.1) is 0 Å². The normalized spacial score (nSPS) is 24.3. The zero-order valence-electron chi connectivity index (χ0n) is 10.0. The lowest BCUT2D eigenvalue weighted by molar-refractivity contribution is 0.515. The molecular weight excluding hydrogens is 215 g/mol. The van der Waals surface area contributed by atoms with Crippen molar-refractivity contribution in [3.05, 3.63) is 30.1 Å². The van der Waals surface area contributed by atoms with Crippen molar-refractivity contribution in [2.45, 2.75) is 25.3 Å². The van der Waals surface area contributed by atoms with Crippen LogP contribution >= 0.6 is 0 Å². The summed E-state index contributed by atoms with van der Waals surface area (Å²) < 4.78 is 12.8. The fourth-order valence-corrected chi connectivity index (χ4v) is 2.51. The Labute approximate surface area is 102 Å². The average molecular weight is 234 g/mol. The summed E-state index contributed by atoms with van der Waals surface area (Å²) in [5.74, 6) is 0.598. The lowest BCUT2D eigenvalue weighted by Crippen LogP contribution is -2.27. The van der Waals surface area contributed by atoms with Crippen LogP contribution in [0.25, 0.3) is 0 Å². The molecule has 1 aromatic carbocycles. The first-order valence-corrected chi connectivity index (χ1v) is 6.55. The van der Waals surface area contributed by atoms with Crippen LogP contribution in [-0.2, 0) is 0 Å². The third-order valence-electron chi connectivity index (χ3n) is 3.75. The van der Waals surface area contributed by atoms with Crippen molar-refractivity contribution in [3.8, 4) is 0 Å². The maximum absolute atomic E-state index is 12.8. The second-order valence-electron chi connectivity index (χ2n) is 5.26. The molecule has 1 unspecified atom stereocenters. The van der Waals surface area contributed by atoms with Crippen molar-refractivity contribution in [3.63, 3.8) is 0 Å². The van der Waals surface area contributed by atoms with Crippen molar-refractivity contribution >= 4 is 5.69 Å². The van der Waals surface area contributed by atoms with Crippen molar-refractivity contribution < 1.29 is 4.39 Å². The lowest BCUT2D eigenvalue weighted by atomic mass is 10.1. The van der Waals surface area contributed by atoms with E-state index in [0.717, 1.165) is 37.3 Å². The topological polar surface area (TPSA) is 15.3 Å². The molecule has 1 aliphatic carbocycles. The minimum Gasteiger partial charge on any atom is -0.371 e. The Kier molecular flexibility index (Phi) is 3.02. The molecular formula is C14H19FN2. The van der Waals surface area contributed by atoms with Gasteiger partial charge < -0.3 is 10.2 Å². The number of rotatable bonds is 4. The van der Waals surface area contributed by atoms with E-state index in [-0.39, 0.29) is 5.82 Å². The predicted octanol–water partition coefficient (Wildman–Crippen LogP) is 2.40. The first-order valence-electron chi connectivity index (χ1n) is 6.55. The minimum atomic E-state index is -0.153. The number of halogens is 1. The van der Waals surface area contributed by atoms with Gasteiger partial charge in [0.05, 0.1) is 0 Å². The van der Waals surface area contributed by atoms with E-state index in [0.29, 0.717) is 0 Å². The molecule has 1 heterocycles. The van der Waals surface area contributed by atoms with E-state index < -0.39 is 0 Å². The molecule has 17 heavy (non-hydrogen) atoms. The molecule has 1 aliphatic heterocycles. The molecule has 2 aliphatic rings. The second kappa shape index (κ2) is 4.65. The highest BCUT2D eigenvalue weighted by Crippen LogP contribution is 2.25. The van der Waals surface area contributed by atoms with Crippen molar-refractivity contribution in [2.75, 3.05) is 24.5 Å². The summed E-state index contributed by atoms with van der Waals surface area (Å²) in [6, 6.07) is 7.66. The Morgan fingerprint density at radius 1 is 1.18 bits per heavy atom. The fraction of sp³-hybridized carbons (Fsp3) is 0.571. The van der Waals surface area contributed by atoms with Crippen molar-refractivity contribution in [1.82, 2.24) is 5.32 Å². The van der Waals surface area contributed by atoms with Crippen LogP contribution in [-0.4, -0.2) is 25.7 Å². The molecule has 1 atom stereocenters. The summed E-state index contributed by atoms with van der Waals surface area (Å²) in [5, 5.41) is 3.59. The average Bonchev–Trinajstić information content (AvgIpc) is 3.06. The Morgan fingerprint density at radius 2 is 1.94 bits per heavy atom. The summed E-state index contributed by atoms with van der Waals surface area (Å²) in [6.45, 7) is 3.34. The van der Waals surface area contributed by atoms with E-state index in [1.807, 2.05) is 12.1 Å². The predicted molar refractivity (Wildman–Crippen MR) is 67.7 cm³/mol. The highest BCUT2D eigenvalue weighted by atomic mass is 19.1. The van der Waals surface area contributed by atoms with E-state index in [9.17, 15) is 4.39 Å². The summed E-state index contributed by atoms with van der Waals surface area (Å²) in [5.41, 5.74) is 1.15. The summed E-state index contributed by atoms with van der Waals surface area (Å²) in [6.07, 6.45) is 3.96. The number of benzene rings is 1. The van der Waals surface area contributed by atoms with Crippen molar-refractivity contribution in [2.24, 2.45) is 5.92 Å². The molecule has 2 nitrogen and oxygen atoms in total. The molecule has 0 bridgehead atoms. The third kappa shape index (κ3) is 2.78. The molecule has 0 aromatic heterocycles. The third-order valence-corrected chi connectivity index (χ3v) is 3.75. The second-order valence-corrected chi connectivity index (χ2v) is 5.26. The van der Waals surface area contributed by atoms with E-state index >= 15 is 0 Å². The first kappa shape index (κ1) is 11.0. The van der Waals surface area contributed by atoms with Crippen LogP contribution < -0.4 is 10.2 Å². The molecule has 1 aromatic rings. The highest BCUT2D eigenvalue weighted by molar-refractivity contribution is 5.47. The van der Waals surface area contributed by atoms with E-state index in [1.54, 1.807) is 12.1 Å². The highest BCUT2D eigenvalue weighted by Gasteiger charge is 2.26. The zero-order chi connectivity index (χ0) is 11.7. The smallest absolute Gasteiger partial charge is 0.123 e. The van der Waals surface area contributed by atoms with E-state index in [4.69, 9.17) is 0 Å². The maximum atomic E-state index is 12.8. The molecule has 0 radical (unpaired) electrons. The van der Waals surface area contributed by atoms with Crippen LogP contribution in [0.1, 0.15) is 19.3 Å². The van der Waals surface area contributed by atoms with Crippen LogP contribution in [0.2, 0.25) is 0 Å². The standard InChI is InChI=1S/C14H19FN2/c15-12-1-5-14(6-2-12)17-8-7-11(10-17)9-16-13-3-4-13/h1-2,5-6,11,13,16H,3-4,7-10H2. The first-order chi connectivity index (χ1) is 8.31. The molecule has 2 fully saturated rings. The van der Waals surface area contributed by atoms with Gasteiger partial charge in [0.15, 0.2) is 0 Å². The monoisotopic (exact) mass is 234 g/mol. The van der Waals surface area contributed by atoms with Gasteiger partial charge >= 0.3 is 0 Å². The van der Waals surface area contributed by atoms with Crippen LogP contribution in [0.3, 0.4) is 0 Å². The van der Waals surface area contributed by atoms with Gasteiger partial charge in [-0.3, -0.25) is 0 Å². The molecule has 0 spiro atoms. The van der Waals surface area contributed by atoms with Crippen LogP contribution in [0.15, 0.2) is 24.3 Å². The van der Waals surface area contributed by atoms with Gasteiger partial charge in [0.2, 0.25) is 0 Å². The van der Waals surface area contributed by atoms with Gasteiger partial charge in [-0.2, -0.15) is 0 Å². The van der Waals surface area contributed by atoms with Crippen molar-refractivity contribution in [1.29, 1.82) is 0 Å². The maximum Gasteiger partial charge on any atom is 0.123 e. The van der Waals surface area contributed by atoms with Gasteiger partial charge in [-0.05, 0) is 56.0 Å². The molecule has 1 saturated heterocycles. The van der Waals surface area contributed by atoms with Crippen LogP contribution in [0, 0.1) is 11.7 Å². The van der Waals surface area contributed by atoms with Crippen LogP contribution in [0.5, 0.6) is 0 Å². The fourth-order valence-electron chi connectivity index (χ4n) is 2.51. The lowest BCUT2D eigenvalue weighted by Gasteiger charge is -2.18. The van der Waals surface area contributed by atoms with Gasteiger partial charge in [-0.1, -0.05) is 0 Å². The largest absolute Gasteiger partial charge is 0.371 e. The Balaban J connectivity index is 1.53. The quantitative estimate of drug-likeness (QED) is 0.860. The van der Waals surface area contributed by atoms with Crippen LogP contribution in [0.4, 0.5) is 10.1 Å². The summed E-state index contributed by atoms with van der Waals surface area (Å²) in [4.78, 5) is 2.36. The zero-order valence-corrected chi connectivity index (χ0v) is 10.0. The number of anilines is 1. The number of hydrogen-bond acceptors (Lipinski definition) is 2. The Hall–Kier alpha value is -1.09. The van der Waals surface area contributed by atoms with E-state index in [1.165, 1.54) is 19.3 Å². The summed E-state index contributed by atoms with van der Waals surface area (Å²) in [7, 11) is 0. The molecule has 92 valence electrons. The van der Waals surface area contributed by atoms with Gasteiger partial charge in [0.25, 0.3) is 0 Å². The Bertz CT molecular complexity index is 372. The van der Waals surface area contributed by atoms with Gasteiger partial charge in [0, 0.05) is 24.8 Å². The molecule has 1 N–H and O–H groups in total. The summed E-state index contributed by atoms with van der Waals surface area (Å²) >= 11 is 0. The SMILES string of the molecule is Fc1ccc(N2CCC(CNC3CC3)C2)cc1. The van der Waals surface area contributed by atoms with E-state index in [2.05, 4.69) is 10.2 Å². The molecule has 3 rings (SSSR count). The molecule has 3 heteroatoms. The molecule has 1 saturated carbocycles. The van der Waals surface area contributed by atoms with Gasteiger partial charge in [0.1, 0.15) is 5.82 Å². The Morgan fingerprint density at radius 3 is 2.65 bits per heavy atom. The number of hydrogen-bond donors (Lipinski definition) is 1. The molecule has 0 amide bonds. The van der Waals surface area contributed by atoms with Gasteiger partial charge in [-0.25, -0.2) is 4.39 Å². The number of nitrogens with zero attached hydrogens (tertiary/aromatic N) is 1.